The maximum Gasteiger partial charge on any atom is 0.342 e. The standard InChI is InChI=1S/C15H18N2O2/c1-9(2)8-19-15(18)13-12-7-5-4-6-11(12)10(3)17-14(13)16/h4-7,9H,8H2,1-3H3,(H2,16,17). The quantitative estimate of drug-likeness (QED) is 0.860. The summed E-state index contributed by atoms with van der Waals surface area (Å²) in [6.45, 7) is 6.23. The van der Waals surface area contributed by atoms with Gasteiger partial charge in [-0.25, -0.2) is 9.78 Å². The number of hydrogen-bond donors (Lipinski definition) is 1. The first-order valence-corrected chi connectivity index (χ1v) is 6.32. The highest BCUT2D eigenvalue weighted by atomic mass is 16.5. The molecule has 1 aromatic carbocycles. The van der Waals surface area contributed by atoms with Crippen molar-refractivity contribution < 1.29 is 9.53 Å². The first-order chi connectivity index (χ1) is 9.00. The summed E-state index contributed by atoms with van der Waals surface area (Å²) in [5.74, 6) is 0.106. The second-order valence-electron chi connectivity index (χ2n) is 5.00. The number of carbonyl (C=O) groups excluding carboxylic acids is 1. The highest BCUT2D eigenvalue weighted by Crippen LogP contribution is 2.25. The molecule has 1 aromatic heterocycles. The van der Waals surface area contributed by atoms with Gasteiger partial charge in [-0.15, -0.1) is 0 Å². The van der Waals surface area contributed by atoms with E-state index in [9.17, 15) is 4.79 Å². The number of hydrogen-bond acceptors (Lipinski definition) is 4. The van der Waals surface area contributed by atoms with E-state index < -0.39 is 5.97 Å². The van der Waals surface area contributed by atoms with E-state index >= 15 is 0 Å². The third kappa shape index (κ3) is 2.67. The van der Waals surface area contributed by atoms with Gasteiger partial charge < -0.3 is 10.5 Å². The number of rotatable bonds is 3. The van der Waals surface area contributed by atoms with E-state index in [1.807, 2.05) is 45.0 Å². The second-order valence-corrected chi connectivity index (χ2v) is 5.00. The number of aromatic nitrogens is 1. The average molecular weight is 258 g/mol. The van der Waals surface area contributed by atoms with Gasteiger partial charge in [-0.05, 0) is 12.8 Å². The van der Waals surface area contributed by atoms with Crippen LogP contribution in [0, 0.1) is 12.8 Å². The van der Waals surface area contributed by atoms with Gasteiger partial charge in [-0.3, -0.25) is 0 Å². The molecule has 100 valence electrons. The molecule has 19 heavy (non-hydrogen) atoms. The van der Waals surface area contributed by atoms with Crippen LogP contribution in [0.25, 0.3) is 10.8 Å². The first-order valence-electron chi connectivity index (χ1n) is 6.32. The molecule has 0 amide bonds. The lowest BCUT2D eigenvalue weighted by molar-refractivity contribution is 0.0462. The molecule has 0 aliphatic carbocycles. The van der Waals surface area contributed by atoms with Crippen molar-refractivity contribution in [2.24, 2.45) is 5.92 Å². The zero-order valence-corrected chi connectivity index (χ0v) is 11.4. The Morgan fingerprint density at radius 1 is 1.32 bits per heavy atom. The van der Waals surface area contributed by atoms with Crippen molar-refractivity contribution in [1.82, 2.24) is 4.98 Å². The van der Waals surface area contributed by atoms with Crippen molar-refractivity contribution in [2.45, 2.75) is 20.8 Å². The van der Waals surface area contributed by atoms with E-state index in [1.165, 1.54) is 0 Å². The Bertz CT molecular complexity index is 621. The lowest BCUT2D eigenvalue weighted by atomic mass is 10.0. The number of nitrogens with zero attached hydrogens (tertiary/aromatic N) is 1. The molecule has 0 aliphatic heterocycles. The number of benzene rings is 1. The van der Waals surface area contributed by atoms with Crippen molar-refractivity contribution in [3.05, 3.63) is 35.5 Å². The minimum atomic E-state index is -0.407. The lowest BCUT2D eigenvalue weighted by Gasteiger charge is -2.12. The SMILES string of the molecule is Cc1nc(N)c(C(=O)OCC(C)C)c2ccccc12. The predicted octanol–water partition coefficient (Wildman–Crippen LogP) is 2.94. The Morgan fingerprint density at radius 2 is 1.95 bits per heavy atom. The molecule has 0 radical (unpaired) electrons. The summed E-state index contributed by atoms with van der Waals surface area (Å²) in [5.41, 5.74) is 7.06. The molecule has 2 aromatic rings. The van der Waals surface area contributed by atoms with Crippen LogP contribution < -0.4 is 5.73 Å². The lowest BCUT2D eigenvalue weighted by Crippen LogP contribution is -2.14. The summed E-state index contributed by atoms with van der Waals surface area (Å²) in [4.78, 5) is 16.4. The number of nitrogen functional groups attached to an aromatic ring is 1. The topological polar surface area (TPSA) is 65.2 Å². The van der Waals surface area contributed by atoms with Crippen LogP contribution in [-0.4, -0.2) is 17.6 Å². The van der Waals surface area contributed by atoms with Crippen LogP contribution in [0.1, 0.15) is 29.9 Å². The molecule has 0 aliphatic rings. The van der Waals surface area contributed by atoms with Crippen LogP contribution in [0.3, 0.4) is 0 Å². The average Bonchev–Trinajstić information content (AvgIpc) is 2.36. The Hall–Kier alpha value is -2.10. The van der Waals surface area contributed by atoms with Gasteiger partial charge in [0.25, 0.3) is 0 Å². The fourth-order valence-electron chi connectivity index (χ4n) is 1.98. The van der Waals surface area contributed by atoms with Crippen molar-refractivity contribution in [1.29, 1.82) is 0 Å². The van der Waals surface area contributed by atoms with Crippen molar-refractivity contribution in [2.75, 3.05) is 12.3 Å². The Morgan fingerprint density at radius 3 is 2.58 bits per heavy atom. The summed E-state index contributed by atoms with van der Waals surface area (Å²) in [5, 5.41) is 1.72. The monoisotopic (exact) mass is 258 g/mol. The van der Waals surface area contributed by atoms with E-state index in [4.69, 9.17) is 10.5 Å². The summed E-state index contributed by atoms with van der Waals surface area (Å²) >= 11 is 0. The molecule has 0 saturated heterocycles. The van der Waals surface area contributed by atoms with Gasteiger partial charge in [0, 0.05) is 16.5 Å². The van der Waals surface area contributed by atoms with E-state index in [1.54, 1.807) is 0 Å². The van der Waals surface area contributed by atoms with Crippen molar-refractivity contribution >= 4 is 22.6 Å². The van der Waals surface area contributed by atoms with Gasteiger partial charge in [0.15, 0.2) is 0 Å². The fourth-order valence-corrected chi connectivity index (χ4v) is 1.98. The minimum absolute atomic E-state index is 0.227. The van der Waals surface area contributed by atoms with Crippen LogP contribution in [0.2, 0.25) is 0 Å². The normalized spacial score (nSPS) is 10.9. The number of aryl methyl sites for hydroxylation is 1. The number of carbonyl (C=O) groups is 1. The second kappa shape index (κ2) is 5.26. The van der Waals surface area contributed by atoms with Gasteiger partial charge in [-0.1, -0.05) is 38.1 Å². The Balaban J connectivity index is 2.50. The highest BCUT2D eigenvalue weighted by molar-refractivity contribution is 6.08. The molecule has 0 saturated carbocycles. The molecule has 0 bridgehead atoms. The van der Waals surface area contributed by atoms with Gasteiger partial charge in [0.05, 0.1) is 6.61 Å². The Labute approximate surface area is 112 Å². The van der Waals surface area contributed by atoms with Gasteiger partial charge in [-0.2, -0.15) is 0 Å². The minimum Gasteiger partial charge on any atom is -0.462 e. The Kier molecular flexibility index (Phi) is 3.69. The van der Waals surface area contributed by atoms with Gasteiger partial charge >= 0.3 is 5.97 Å². The molecule has 2 rings (SSSR count). The number of nitrogens with two attached hydrogens (primary N) is 1. The van der Waals surface area contributed by atoms with Crippen molar-refractivity contribution in [3.8, 4) is 0 Å². The van der Waals surface area contributed by atoms with Crippen molar-refractivity contribution in [3.63, 3.8) is 0 Å². The highest BCUT2D eigenvalue weighted by Gasteiger charge is 2.18. The maximum absolute atomic E-state index is 12.2. The summed E-state index contributed by atoms with van der Waals surface area (Å²) in [6, 6.07) is 7.58. The smallest absolute Gasteiger partial charge is 0.342 e. The number of anilines is 1. The van der Waals surface area contributed by atoms with Gasteiger partial charge in [0.1, 0.15) is 11.4 Å². The zero-order chi connectivity index (χ0) is 14.0. The number of esters is 1. The molecule has 1 heterocycles. The number of pyridine rings is 1. The third-order valence-electron chi connectivity index (χ3n) is 2.88. The van der Waals surface area contributed by atoms with Crippen LogP contribution >= 0.6 is 0 Å². The molecular formula is C15H18N2O2. The summed E-state index contributed by atoms with van der Waals surface area (Å²) in [7, 11) is 0. The van der Waals surface area contributed by atoms with Crippen LogP contribution in [0.4, 0.5) is 5.82 Å². The van der Waals surface area contributed by atoms with E-state index in [2.05, 4.69) is 4.98 Å². The van der Waals surface area contributed by atoms with E-state index in [-0.39, 0.29) is 11.7 Å². The van der Waals surface area contributed by atoms with Crippen LogP contribution in [-0.2, 0) is 4.74 Å². The summed E-state index contributed by atoms with van der Waals surface area (Å²) in [6.07, 6.45) is 0. The maximum atomic E-state index is 12.2. The first kappa shape index (κ1) is 13.3. The zero-order valence-electron chi connectivity index (χ0n) is 11.4. The fraction of sp³-hybridized carbons (Fsp3) is 0.333. The number of fused-ring (bicyclic) bond motifs is 1. The molecule has 4 heteroatoms. The predicted molar refractivity (Wildman–Crippen MR) is 76.0 cm³/mol. The molecule has 0 unspecified atom stereocenters. The summed E-state index contributed by atoms with van der Waals surface area (Å²) < 4.78 is 5.26. The van der Waals surface area contributed by atoms with Crippen LogP contribution in [0.5, 0.6) is 0 Å². The molecular weight excluding hydrogens is 240 g/mol. The molecule has 0 atom stereocenters. The molecule has 4 nitrogen and oxygen atoms in total. The largest absolute Gasteiger partial charge is 0.462 e. The number of ether oxygens (including phenoxy) is 1. The molecule has 0 fully saturated rings. The van der Waals surface area contributed by atoms with E-state index in [0.717, 1.165) is 16.5 Å². The van der Waals surface area contributed by atoms with Crippen LogP contribution in [0.15, 0.2) is 24.3 Å². The van der Waals surface area contributed by atoms with Gasteiger partial charge in [0.2, 0.25) is 0 Å². The molecule has 0 spiro atoms. The van der Waals surface area contributed by atoms with E-state index in [0.29, 0.717) is 12.2 Å². The molecule has 2 N–H and O–H groups in total. The third-order valence-corrected chi connectivity index (χ3v) is 2.88.